The van der Waals surface area contributed by atoms with Gasteiger partial charge >= 0.3 is 11.9 Å². The van der Waals surface area contributed by atoms with Crippen LogP contribution < -0.4 is 0 Å². The highest BCUT2D eigenvalue weighted by Crippen LogP contribution is 2.17. The summed E-state index contributed by atoms with van der Waals surface area (Å²) < 4.78 is 10.6. The van der Waals surface area contributed by atoms with Crippen molar-refractivity contribution in [1.29, 1.82) is 0 Å². The lowest BCUT2D eigenvalue weighted by molar-refractivity contribution is -0.161. The van der Waals surface area contributed by atoms with Crippen LogP contribution >= 0.6 is 0 Å². The van der Waals surface area contributed by atoms with Crippen LogP contribution in [0.3, 0.4) is 0 Å². The molecule has 0 radical (unpaired) electrons. The summed E-state index contributed by atoms with van der Waals surface area (Å²) in [5, 5.41) is 9.51. The van der Waals surface area contributed by atoms with Crippen molar-refractivity contribution in [2.45, 2.75) is 258 Å². The van der Waals surface area contributed by atoms with E-state index in [0.717, 1.165) is 38.5 Å². The van der Waals surface area contributed by atoms with Gasteiger partial charge in [0, 0.05) is 12.8 Å². The van der Waals surface area contributed by atoms with Crippen LogP contribution in [0.5, 0.6) is 0 Å². The number of carbonyl (C=O) groups is 2. The molecule has 0 aliphatic carbocycles. The minimum atomic E-state index is -0.760. The van der Waals surface area contributed by atoms with Gasteiger partial charge in [-0.2, -0.15) is 0 Å². The van der Waals surface area contributed by atoms with E-state index in [1.54, 1.807) is 0 Å². The van der Waals surface area contributed by atoms with Crippen molar-refractivity contribution in [3.05, 3.63) is 0 Å². The van der Waals surface area contributed by atoms with E-state index in [-0.39, 0.29) is 25.2 Å². The molecule has 0 aromatic rings. The molecule has 49 heavy (non-hydrogen) atoms. The fourth-order valence-corrected chi connectivity index (χ4v) is 6.79. The number of hydrogen-bond acceptors (Lipinski definition) is 5. The maximum absolute atomic E-state index is 12.1. The van der Waals surface area contributed by atoms with E-state index in [4.69, 9.17) is 9.47 Å². The topological polar surface area (TPSA) is 72.8 Å². The van der Waals surface area contributed by atoms with E-state index in [2.05, 4.69) is 13.8 Å². The number of rotatable bonds is 41. The number of esters is 2. The van der Waals surface area contributed by atoms with Crippen molar-refractivity contribution in [2.75, 3.05) is 13.2 Å². The first-order chi connectivity index (χ1) is 24.1. The molecular formula is C44H86O5. The summed E-state index contributed by atoms with van der Waals surface area (Å²) in [6, 6.07) is 0. The normalized spacial score (nSPS) is 12.0. The van der Waals surface area contributed by atoms with Gasteiger partial charge in [-0.3, -0.25) is 9.59 Å². The first kappa shape index (κ1) is 47.9. The molecule has 5 heteroatoms. The van der Waals surface area contributed by atoms with Crippen molar-refractivity contribution in [1.82, 2.24) is 0 Å². The second-order valence-corrected chi connectivity index (χ2v) is 15.1. The molecule has 0 aliphatic heterocycles. The third-order valence-electron chi connectivity index (χ3n) is 10.2. The minimum absolute atomic E-state index is 0.0584. The van der Waals surface area contributed by atoms with Crippen LogP contribution in [-0.2, 0) is 19.1 Å². The van der Waals surface area contributed by atoms with Gasteiger partial charge in [-0.05, 0) is 12.8 Å². The standard InChI is InChI=1S/C44H86O5/c1-3-5-7-9-11-12-13-14-15-16-17-18-19-20-21-22-23-24-25-26-27-28-29-30-31-33-35-37-39-44(47)49-42(40-45)41-48-43(46)38-36-34-32-10-8-6-4-2/h42,45H,3-41H2,1-2H3. The van der Waals surface area contributed by atoms with Gasteiger partial charge in [0.2, 0.25) is 0 Å². The van der Waals surface area contributed by atoms with Gasteiger partial charge in [-0.1, -0.05) is 226 Å². The number of aliphatic hydroxyl groups is 1. The molecule has 0 aromatic heterocycles. The highest BCUT2D eigenvalue weighted by molar-refractivity contribution is 5.70. The Balaban J connectivity index is 3.34. The summed E-state index contributed by atoms with van der Waals surface area (Å²) in [6.07, 6.45) is 46.5. The first-order valence-electron chi connectivity index (χ1n) is 22.1. The third-order valence-corrected chi connectivity index (χ3v) is 10.2. The Labute approximate surface area is 306 Å². The maximum atomic E-state index is 12.1. The van der Waals surface area contributed by atoms with E-state index < -0.39 is 6.10 Å². The summed E-state index contributed by atoms with van der Waals surface area (Å²) in [5.74, 6) is -0.583. The SMILES string of the molecule is CCCCCCCCCCCCCCCCCCCCCCCCCCCCCCC(=O)OC(CO)COC(=O)CCCCCCCCC. The Morgan fingerprint density at radius 2 is 0.633 bits per heavy atom. The van der Waals surface area contributed by atoms with Crippen molar-refractivity contribution in [3.63, 3.8) is 0 Å². The van der Waals surface area contributed by atoms with Gasteiger partial charge in [0.1, 0.15) is 6.61 Å². The first-order valence-corrected chi connectivity index (χ1v) is 22.1. The number of hydrogen-bond donors (Lipinski definition) is 1. The summed E-state index contributed by atoms with van der Waals surface area (Å²) in [6.45, 7) is 4.12. The van der Waals surface area contributed by atoms with Gasteiger partial charge in [-0.15, -0.1) is 0 Å². The highest BCUT2D eigenvalue weighted by Gasteiger charge is 2.16. The Bertz CT molecular complexity index is 666. The van der Waals surface area contributed by atoms with E-state index in [1.807, 2.05) is 0 Å². The predicted molar refractivity (Wildman–Crippen MR) is 210 cm³/mol. The maximum Gasteiger partial charge on any atom is 0.306 e. The van der Waals surface area contributed by atoms with Crippen LogP contribution in [0, 0.1) is 0 Å². The largest absolute Gasteiger partial charge is 0.462 e. The van der Waals surface area contributed by atoms with E-state index in [1.165, 1.54) is 186 Å². The van der Waals surface area contributed by atoms with Crippen molar-refractivity contribution >= 4 is 11.9 Å². The molecule has 0 bridgehead atoms. The fourth-order valence-electron chi connectivity index (χ4n) is 6.79. The number of aliphatic hydroxyl groups excluding tert-OH is 1. The lowest BCUT2D eigenvalue weighted by atomic mass is 10.0. The molecule has 292 valence electrons. The van der Waals surface area contributed by atoms with Crippen LogP contribution in [0.1, 0.15) is 251 Å². The smallest absolute Gasteiger partial charge is 0.306 e. The number of unbranched alkanes of at least 4 members (excludes halogenated alkanes) is 33. The average Bonchev–Trinajstić information content (AvgIpc) is 3.10. The predicted octanol–water partition coefficient (Wildman–Crippen LogP) is 13.9. The Kier molecular flexibility index (Phi) is 40.4. The van der Waals surface area contributed by atoms with Crippen LogP contribution in [0.25, 0.3) is 0 Å². The average molecular weight is 695 g/mol. The zero-order chi connectivity index (χ0) is 35.7. The fraction of sp³-hybridized carbons (Fsp3) is 0.955. The van der Waals surface area contributed by atoms with Crippen LogP contribution in [0.15, 0.2) is 0 Å². The van der Waals surface area contributed by atoms with E-state index >= 15 is 0 Å². The van der Waals surface area contributed by atoms with Crippen molar-refractivity contribution in [2.24, 2.45) is 0 Å². The van der Waals surface area contributed by atoms with Crippen LogP contribution in [0.2, 0.25) is 0 Å². The second kappa shape index (κ2) is 41.3. The lowest BCUT2D eigenvalue weighted by Gasteiger charge is -2.15. The molecule has 0 saturated heterocycles. The Morgan fingerprint density at radius 3 is 0.898 bits per heavy atom. The molecule has 1 unspecified atom stereocenters. The van der Waals surface area contributed by atoms with Crippen LogP contribution in [0.4, 0.5) is 0 Å². The highest BCUT2D eigenvalue weighted by atomic mass is 16.6. The summed E-state index contributed by atoms with van der Waals surface area (Å²) in [5.41, 5.74) is 0. The molecule has 0 saturated carbocycles. The minimum Gasteiger partial charge on any atom is -0.462 e. The molecule has 1 atom stereocenters. The zero-order valence-corrected chi connectivity index (χ0v) is 33.2. The van der Waals surface area contributed by atoms with Gasteiger partial charge in [-0.25, -0.2) is 0 Å². The quantitative estimate of drug-likeness (QED) is 0.0509. The second-order valence-electron chi connectivity index (χ2n) is 15.1. The monoisotopic (exact) mass is 695 g/mol. The number of ether oxygens (including phenoxy) is 2. The van der Waals surface area contributed by atoms with Crippen molar-refractivity contribution in [3.8, 4) is 0 Å². The molecule has 0 aliphatic rings. The molecule has 0 spiro atoms. The number of carbonyl (C=O) groups excluding carboxylic acids is 2. The molecule has 0 amide bonds. The molecule has 0 fully saturated rings. The molecule has 1 N–H and O–H groups in total. The Morgan fingerprint density at radius 1 is 0.388 bits per heavy atom. The van der Waals surface area contributed by atoms with Gasteiger partial charge < -0.3 is 14.6 Å². The molecular weight excluding hydrogens is 608 g/mol. The summed E-state index contributed by atoms with van der Waals surface area (Å²) in [7, 11) is 0. The lowest BCUT2D eigenvalue weighted by Crippen LogP contribution is -2.28. The molecule has 0 aromatic carbocycles. The van der Waals surface area contributed by atoms with Crippen LogP contribution in [-0.4, -0.2) is 36.4 Å². The molecule has 0 rings (SSSR count). The third kappa shape index (κ3) is 39.5. The van der Waals surface area contributed by atoms with E-state index in [0.29, 0.717) is 12.8 Å². The summed E-state index contributed by atoms with van der Waals surface area (Å²) >= 11 is 0. The van der Waals surface area contributed by atoms with E-state index in [9.17, 15) is 14.7 Å². The Hall–Kier alpha value is -1.10. The summed E-state index contributed by atoms with van der Waals surface area (Å²) in [4.78, 5) is 24.1. The van der Waals surface area contributed by atoms with Gasteiger partial charge in [0.25, 0.3) is 0 Å². The molecule has 0 heterocycles. The van der Waals surface area contributed by atoms with Gasteiger partial charge in [0.15, 0.2) is 6.10 Å². The van der Waals surface area contributed by atoms with Crippen molar-refractivity contribution < 1.29 is 24.2 Å². The zero-order valence-electron chi connectivity index (χ0n) is 33.2. The van der Waals surface area contributed by atoms with Gasteiger partial charge in [0.05, 0.1) is 6.61 Å². The molecule has 5 nitrogen and oxygen atoms in total.